The van der Waals surface area contributed by atoms with E-state index in [4.69, 9.17) is 0 Å². The molecule has 76 valence electrons. The molecule has 0 aromatic rings. The fourth-order valence-electron chi connectivity index (χ4n) is 3.89. The standard InChI is InChI=1S/C12H25B/c1-10(2)7-11(3,4)9(13)12(5,6)8-10/h9H,7-8,13H2,1-6H3. The summed E-state index contributed by atoms with van der Waals surface area (Å²) < 4.78 is 0. The molecule has 0 radical (unpaired) electrons. The van der Waals surface area contributed by atoms with Crippen LogP contribution in [0.3, 0.4) is 0 Å². The Balaban J connectivity index is 2.96. The van der Waals surface area contributed by atoms with E-state index in [9.17, 15) is 0 Å². The first-order chi connectivity index (χ1) is 5.57. The van der Waals surface area contributed by atoms with Crippen molar-refractivity contribution in [1.82, 2.24) is 0 Å². The van der Waals surface area contributed by atoms with Crippen LogP contribution < -0.4 is 0 Å². The summed E-state index contributed by atoms with van der Waals surface area (Å²) in [4.78, 5) is 0. The molecule has 1 aliphatic rings. The molecule has 1 fully saturated rings. The van der Waals surface area contributed by atoms with Gasteiger partial charge in [0.2, 0.25) is 0 Å². The van der Waals surface area contributed by atoms with Crippen molar-refractivity contribution in [1.29, 1.82) is 0 Å². The molecular weight excluding hydrogens is 155 g/mol. The number of rotatable bonds is 0. The Bertz CT molecular complexity index is 181. The van der Waals surface area contributed by atoms with E-state index in [1.54, 1.807) is 0 Å². The molecule has 0 aromatic carbocycles. The predicted molar refractivity (Wildman–Crippen MR) is 62.9 cm³/mol. The first-order valence-corrected chi connectivity index (χ1v) is 5.57. The van der Waals surface area contributed by atoms with Crippen molar-refractivity contribution in [3.05, 3.63) is 0 Å². The second-order valence-electron chi connectivity index (χ2n) is 7.22. The Hall–Kier alpha value is 0.0649. The molecule has 13 heavy (non-hydrogen) atoms. The van der Waals surface area contributed by atoms with Gasteiger partial charge in [-0.2, -0.15) is 0 Å². The minimum absolute atomic E-state index is 0.505. The van der Waals surface area contributed by atoms with Gasteiger partial charge >= 0.3 is 0 Å². The molecule has 0 aromatic heterocycles. The van der Waals surface area contributed by atoms with Crippen LogP contribution in [-0.4, -0.2) is 7.85 Å². The van der Waals surface area contributed by atoms with Gasteiger partial charge in [0, 0.05) is 0 Å². The Kier molecular flexibility index (Phi) is 2.38. The Labute approximate surface area is 84.9 Å². The zero-order valence-electron chi connectivity index (χ0n) is 10.5. The summed E-state index contributed by atoms with van der Waals surface area (Å²) in [6, 6.07) is 0. The minimum Gasteiger partial charge on any atom is -0.0603 e. The van der Waals surface area contributed by atoms with Crippen molar-refractivity contribution >= 4 is 7.85 Å². The van der Waals surface area contributed by atoms with Gasteiger partial charge in [-0.15, -0.1) is 0 Å². The quantitative estimate of drug-likeness (QED) is 0.502. The molecule has 0 heterocycles. The highest BCUT2D eigenvalue weighted by molar-refractivity contribution is 6.12. The summed E-state index contributed by atoms with van der Waals surface area (Å²) in [5, 5.41) is 0. The third kappa shape index (κ3) is 2.11. The van der Waals surface area contributed by atoms with Crippen LogP contribution in [0.2, 0.25) is 5.82 Å². The largest absolute Gasteiger partial charge is 0.106 e. The fourth-order valence-corrected chi connectivity index (χ4v) is 3.89. The average molecular weight is 180 g/mol. The third-order valence-corrected chi connectivity index (χ3v) is 4.21. The van der Waals surface area contributed by atoms with Crippen molar-refractivity contribution in [3.63, 3.8) is 0 Å². The molecule has 0 unspecified atom stereocenters. The first-order valence-electron chi connectivity index (χ1n) is 5.57. The topological polar surface area (TPSA) is 0 Å². The summed E-state index contributed by atoms with van der Waals surface area (Å²) >= 11 is 0. The van der Waals surface area contributed by atoms with Gasteiger partial charge in [0.1, 0.15) is 7.85 Å². The monoisotopic (exact) mass is 180 g/mol. The zero-order valence-corrected chi connectivity index (χ0v) is 10.5. The van der Waals surface area contributed by atoms with E-state index in [0.29, 0.717) is 16.2 Å². The van der Waals surface area contributed by atoms with Crippen molar-refractivity contribution in [2.75, 3.05) is 0 Å². The van der Waals surface area contributed by atoms with Gasteiger partial charge in [0.05, 0.1) is 0 Å². The lowest BCUT2D eigenvalue weighted by Gasteiger charge is -2.54. The highest BCUT2D eigenvalue weighted by atomic mass is 14.5. The lowest BCUT2D eigenvalue weighted by molar-refractivity contribution is 0.0219. The Morgan fingerprint density at radius 1 is 0.846 bits per heavy atom. The summed E-state index contributed by atoms with van der Waals surface area (Å²) in [7, 11) is 2.43. The normalized spacial score (nSPS) is 31.5. The molecule has 0 aliphatic heterocycles. The van der Waals surface area contributed by atoms with Crippen LogP contribution in [-0.2, 0) is 0 Å². The Morgan fingerprint density at radius 2 is 1.15 bits per heavy atom. The summed E-state index contributed by atoms with van der Waals surface area (Å²) in [5.74, 6) is 0.827. The van der Waals surface area contributed by atoms with Crippen LogP contribution in [0.1, 0.15) is 54.4 Å². The molecule has 1 saturated carbocycles. The predicted octanol–water partition coefficient (Wildman–Crippen LogP) is 3.28. The van der Waals surface area contributed by atoms with E-state index in [1.165, 1.54) is 12.8 Å². The van der Waals surface area contributed by atoms with Crippen LogP contribution >= 0.6 is 0 Å². The second-order valence-corrected chi connectivity index (χ2v) is 7.22. The van der Waals surface area contributed by atoms with Crippen LogP contribution in [0, 0.1) is 16.2 Å². The molecule has 0 amide bonds. The molecule has 0 N–H and O–H groups in total. The highest BCUT2D eigenvalue weighted by Gasteiger charge is 2.47. The molecule has 0 nitrogen and oxygen atoms in total. The molecule has 1 aliphatic carbocycles. The third-order valence-electron chi connectivity index (χ3n) is 4.21. The van der Waals surface area contributed by atoms with E-state index < -0.39 is 0 Å². The maximum Gasteiger partial charge on any atom is 0.106 e. The number of hydrogen-bond acceptors (Lipinski definition) is 0. The summed E-state index contributed by atoms with van der Waals surface area (Å²) in [6.07, 6.45) is 2.73. The van der Waals surface area contributed by atoms with E-state index in [-0.39, 0.29) is 0 Å². The van der Waals surface area contributed by atoms with Crippen molar-refractivity contribution in [2.45, 2.75) is 60.2 Å². The van der Waals surface area contributed by atoms with Crippen molar-refractivity contribution < 1.29 is 0 Å². The van der Waals surface area contributed by atoms with Crippen LogP contribution in [0.15, 0.2) is 0 Å². The second kappa shape index (κ2) is 2.78. The molecular formula is C12H25B. The van der Waals surface area contributed by atoms with E-state index in [0.717, 1.165) is 5.82 Å². The lowest BCUT2D eigenvalue weighted by atomic mass is 9.45. The molecule has 1 heteroatoms. The minimum atomic E-state index is 0.505. The van der Waals surface area contributed by atoms with Gasteiger partial charge in [-0.1, -0.05) is 47.4 Å². The van der Waals surface area contributed by atoms with Gasteiger partial charge < -0.3 is 0 Å². The van der Waals surface area contributed by atoms with Gasteiger partial charge in [-0.05, 0) is 29.1 Å². The van der Waals surface area contributed by atoms with Gasteiger partial charge in [-0.3, -0.25) is 0 Å². The summed E-state index contributed by atoms with van der Waals surface area (Å²) in [6.45, 7) is 14.6. The van der Waals surface area contributed by atoms with Crippen LogP contribution in [0.25, 0.3) is 0 Å². The van der Waals surface area contributed by atoms with Gasteiger partial charge in [-0.25, -0.2) is 0 Å². The van der Waals surface area contributed by atoms with Crippen LogP contribution in [0.4, 0.5) is 0 Å². The molecule has 1 rings (SSSR count). The highest BCUT2D eigenvalue weighted by Crippen LogP contribution is 2.59. The molecule has 0 atom stereocenters. The first kappa shape index (κ1) is 11.1. The number of hydrogen-bond donors (Lipinski definition) is 0. The van der Waals surface area contributed by atoms with Crippen molar-refractivity contribution in [2.24, 2.45) is 16.2 Å². The van der Waals surface area contributed by atoms with E-state index in [2.05, 4.69) is 49.4 Å². The van der Waals surface area contributed by atoms with E-state index >= 15 is 0 Å². The van der Waals surface area contributed by atoms with Crippen LogP contribution in [0.5, 0.6) is 0 Å². The smallest absolute Gasteiger partial charge is 0.0603 e. The van der Waals surface area contributed by atoms with Gasteiger partial charge in [0.15, 0.2) is 0 Å². The molecule has 0 saturated heterocycles. The van der Waals surface area contributed by atoms with Crippen molar-refractivity contribution in [3.8, 4) is 0 Å². The Morgan fingerprint density at radius 3 is 1.46 bits per heavy atom. The SMILES string of the molecule is BC1C(C)(C)CC(C)(C)CC1(C)C. The van der Waals surface area contributed by atoms with Gasteiger partial charge in [0.25, 0.3) is 0 Å². The molecule has 0 bridgehead atoms. The molecule has 0 spiro atoms. The average Bonchev–Trinajstić information content (AvgIpc) is 1.77. The fraction of sp³-hybridized carbons (Fsp3) is 1.00. The maximum absolute atomic E-state index is 2.43. The lowest BCUT2D eigenvalue weighted by Crippen LogP contribution is -2.43. The maximum atomic E-state index is 2.43. The zero-order chi connectivity index (χ0) is 10.5. The van der Waals surface area contributed by atoms with E-state index in [1.807, 2.05) is 0 Å². The summed E-state index contributed by atoms with van der Waals surface area (Å²) in [5.41, 5.74) is 1.54.